The van der Waals surface area contributed by atoms with Gasteiger partial charge in [-0.2, -0.15) is 5.10 Å². The third-order valence-electron chi connectivity index (χ3n) is 7.83. The predicted octanol–water partition coefficient (Wildman–Crippen LogP) is 4.27. The molecule has 3 N–H and O–H groups in total. The first-order valence-electron chi connectivity index (χ1n) is 13.5. The van der Waals surface area contributed by atoms with Gasteiger partial charge in [0.05, 0.1) is 17.3 Å². The highest BCUT2D eigenvalue weighted by molar-refractivity contribution is 5.94. The lowest BCUT2D eigenvalue weighted by Gasteiger charge is -2.22. The minimum atomic E-state index is -0.934. The number of aliphatic imine (C=N–C) groups is 1. The van der Waals surface area contributed by atoms with Crippen LogP contribution in [0.5, 0.6) is 0 Å². The summed E-state index contributed by atoms with van der Waals surface area (Å²) >= 11 is 0. The fourth-order valence-corrected chi connectivity index (χ4v) is 5.95. The molecule has 4 aromatic rings. The predicted molar refractivity (Wildman–Crippen MR) is 149 cm³/mol. The van der Waals surface area contributed by atoms with Crippen molar-refractivity contribution in [2.75, 3.05) is 7.05 Å². The zero-order chi connectivity index (χ0) is 29.5. The minimum absolute atomic E-state index is 0.00338. The Morgan fingerprint density at radius 2 is 1.95 bits per heavy atom. The fraction of sp³-hybridized carbons (Fsp3) is 0.258. The maximum absolute atomic E-state index is 14.2. The maximum Gasteiger partial charge on any atom is 0.251 e. The number of nitrogens with one attached hydrogen (secondary N) is 1. The third kappa shape index (κ3) is 5.29. The van der Waals surface area contributed by atoms with Crippen LogP contribution in [0.1, 0.15) is 56.9 Å². The van der Waals surface area contributed by atoms with Crippen molar-refractivity contribution in [2.24, 2.45) is 16.6 Å². The highest BCUT2D eigenvalue weighted by atomic mass is 19.1. The van der Waals surface area contributed by atoms with Crippen LogP contribution in [0.4, 0.5) is 13.2 Å². The highest BCUT2D eigenvalue weighted by Gasteiger charge is 2.49. The Morgan fingerprint density at radius 3 is 2.69 bits per heavy atom. The average Bonchev–Trinajstić information content (AvgIpc) is 3.48. The van der Waals surface area contributed by atoms with Crippen molar-refractivity contribution in [3.8, 4) is 11.1 Å². The van der Waals surface area contributed by atoms with E-state index in [1.807, 2.05) is 0 Å². The van der Waals surface area contributed by atoms with E-state index in [2.05, 4.69) is 20.4 Å². The first-order valence-corrected chi connectivity index (χ1v) is 13.5. The normalized spacial score (nSPS) is 17.6. The second kappa shape index (κ2) is 10.9. The summed E-state index contributed by atoms with van der Waals surface area (Å²) in [5.74, 6) is -2.56. The number of hydrogen-bond donors (Lipinski definition) is 2. The highest BCUT2D eigenvalue weighted by Crippen LogP contribution is 2.57. The van der Waals surface area contributed by atoms with Gasteiger partial charge in [0.1, 0.15) is 29.7 Å². The van der Waals surface area contributed by atoms with E-state index in [4.69, 9.17) is 5.73 Å². The van der Waals surface area contributed by atoms with Crippen molar-refractivity contribution in [3.05, 3.63) is 106 Å². The van der Waals surface area contributed by atoms with Gasteiger partial charge in [0, 0.05) is 42.3 Å². The number of nitrogens with zero attached hydrogens (tertiary/aromatic N) is 4. The summed E-state index contributed by atoms with van der Waals surface area (Å²) in [4.78, 5) is 34.0. The number of amides is 2. The SMILES string of the molecule is CN=Cc1nn(CC(=O)N[C@@H](Cc2cc(F)cc(F)c2)c2ncccc2-c2ccc(F)c(C(N)=O)c2)c2c1C1CC1C2. The van der Waals surface area contributed by atoms with E-state index < -0.39 is 29.4 Å². The smallest absolute Gasteiger partial charge is 0.251 e. The van der Waals surface area contributed by atoms with E-state index in [0.717, 1.165) is 41.9 Å². The Bertz CT molecular complexity index is 1730. The molecule has 2 amide bonds. The number of primary amides is 1. The van der Waals surface area contributed by atoms with Gasteiger partial charge < -0.3 is 11.1 Å². The second-order valence-electron chi connectivity index (χ2n) is 10.7. The fourth-order valence-electron chi connectivity index (χ4n) is 5.95. The second-order valence-corrected chi connectivity index (χ2v) is 10.7. The number of fused-ring (bicyclic) bond motifs is 3. The van der Waals surface area contributed by atoms with Crippen molar-refractivity contribution in [1.29, 1.82) is 0 Å². The lowest BCUT2D eigenvalue weighted by Crippen LogP contribution is -2.34. The van der Waals surface area contributed by atoms with Gasteiger partial charge in [0.15, 0.2) is 0 Å². The monoisotopic (exact) mass is 572 g/mol. The Hall–Kier alpha value is -4.80. The van der Waals surface area contributed by atoms with E-state index in [9.17, 15) is 22.8 Å². The Labute approximate surface area is 239 Å². The maximum atomic E-state index is 14.2. The number of benzene rings is 2. The van der Waals surface area contributed by atoms with E-state index in [1.165, 1.54) is 30.5 Å². The van der Waals surface area contributed by atoms with Crippen LogP contribution in [-0.4, -0.2) is 39.8 Å². The van der Waals surface area contributed by atoms with Crippen LogP contribution in [-0.2, 0) is 24.2 Å². The summed E-state index contributed by atoms with van der Waals surface area (Å²) in [6.07, 6.45) is 5.19. The van der Waals surface area contributed by atoms with Crippen LogP contribution in [0, 0.1) is 23.4 Å². The molecule has 3 atom stereocenters. The van der Waals surface area contributed by atoms with Crippen molar-refractivity contribution < 1.29 is 22.8 Å². The number of carbonyl (C=O) groups excluding carboxylic acids is 2. The summed E-state index contributed by atoms with van der Waals surface area (Å²) in [6, 6.07) is 9.58. The summed E-state index contributed by atoms with van der Waals surface area (Å²) < 4.78 is 44.2. The number of halogens is 3. The van der Waals surface area contributed by atoms with Gasteiger partial charge >= 0.3 is 0 Å². The van der Waals surface area contributed by atoms with Crippen LogP contribution in [0.15, 0.2) is 59.7 Å². The van der Waals surface area contributed by atoms with Gasteiger partial charge in [-0.3, -0.25) is 24.2 Å². The van der Waals surface area contributed by atoms with E-state index in [0.29, 0.717) is 34.2 Å². The van der Waals surface area contributed by atoms with Crippen molar-refractivity contribution in [1.82, 2.24) is 20.1 Å². The van der Waals surface area contributed by atoms with Crippen molar-refractivity contribution in [2.45, 2.75) is 37.8 Å². The molecule has 1 fully saturated rings. The molecule has 2 aliphatic carbocycles. The summed E-state index contributed by atoms with van der Waals surface area (Å²) in [5, 5.41) is 7.61. The molecule has 2 aromatic carbocycles. The van der Waals surface area contributed by atoms with Gasteiger partial charge in [-0.1, -0.05) is 12.1 Å². The zero-order valence-corrected chi connectivity index (χ0v) is 22.7. The molecule has 1 saturated carbocycles. The van der Waals surface area contributed by atoms with Crippen LogP contribution < -0.4 is 11.1 Å². The average molecular weight is 573 g/mol. The zero-order valence-electron chi connectivity index (χ0n) is 22.7. The molecule has 0 radical (unpaired) electrons. The first-order chi connectivity index (χ1) is 20.2. The molecule has 2 aliphatic rings. The molecule has 0 saturated heterocycles. The van der Waals surface area contributed by atoms with Gasteiger partial charge in [-0.25, -0.2) is 13.2 Å². The van der Waals surface area contributed by atoms with Gasteiger partial charge in [0.25, 0.3) is 5.91 Å². The lowest BCUT2D eigenvalue weighted by atomic mass is 9.94. The number of rotatable bonds is 9. The summed E-state index contributed by atoms with van der Waals surface area (Å²) in [6.45, 7) is -0.0715. The third-order valence-corrected chi connectivity index (χ3v) is 7.83. The van der Waals surface area contributed by atoms with Gasteiger partial charge in [-0.05, 0) is 72.6 Å². The number of nitrogens with two attached hydrogens (primary N) is 1. The molecule has 6 rings (SSSR count). The molecular weight excluding hydrogens is 545 g/mol. The molecule has 0 spiro atoms. The lowest BCUT2D eigenvalue weighted by molar-refractivity contribution is -0.122. The molecule has 2 unspecified atom stereocenters. The molecule has 0 bridgehead atoms. The van der Waals surface area contributed by atoms with Crippen molar-refractivity contribution in [3.63, 3.8) is 0 Å². The topological polar surface area (TPSA) is 115 Å². The van der Waals surface area contributed by atoms with Crippen molar-refractivity contribution >= 4 is 18.0 Å². The largest absolute Gasteiger partial charge is 0.366 e. The van der Waals surface area contributed by atoms with Crippen LogP contribution in [0.25, 0.3) is 11.1 Å². The molecule has 214 valence electrons. The molecule has 2 heterocycles. The molecular formula is C31H27F3N6O2. The Morgan fingerprint density at radius 1 is 1.17 bits per heavy atom. The van der Waals surface area contributed by atoms with E-state index >= 15 is 0 Å². The number of carbonyl (C=O) groups is 2. The first kappa shape index (κ1) is 27.4. The quantitative estimate of drug-likeness (QED) is 0.292. The van der Waals surface area contributed by atoms with Gasteiger partial charge in [0.2, 0.25) is 5.91 Å². The van der Waals surface area contributed by atoms with E-state index in [-0.39, 0.29) is 24.4 Å². The number of hydrogen-bond acceptors (Lipinski definition) is 5. The Kier molecular flexibility index (Phi) is 7.09. The summed E-state index contributed by atoms with van der Waals surface area (Å²) in [7, 11) is 1.68. The molecule has 42 heavy (non-hydrogen) atoms. The molecule has 11 heteroatoms. The molecule has 8 nitrogen and oxygen atoms in total. The Balaban J connectivity index is 1.35. The molecule has 0 aliphatic heterocycles. The van der Waals surface area contributed by atoms with Crippen LogP contribution in [0.2, 0.25) is 0 Å². The molecule has 2 aromatic heterocycles. The van der Waals surface area contributed by atoms with Gasteiger partial charge in [-0.15, -0.1) is 0 Å². The standard InChI is InChI=1S/C31H27F3N6O2/c1-36-14-26-29-22-11-18(22)12-27(29)40(39-26)15-28(41)38-25(9-16-7-19(32)13-20(33)8-16)30-21(3-2-6-37-30)17-4-5-24(34)23(10-17)31(35)42/h2-8,10,13-14,18,22,25H,9,11-12,15H2,1H3,(H2,35,42)(H,38,41)/t18?,22?,25-/m0/s1. The van der Waals surface area contributed by atoms with E-state index in [1.54, 1.807) is 30.1 Å². The minimum Gasteiger partial charge on any atom is -0.366 e. The van der Waals surface area contributed by atoms with Crippen LogP contribution >= 0.6 is 0 Å². The number of aromatic nitrogens is 3. The number of pyridine rings is 1. The van der Waals surface area contributed by atoms with Crippen LogP contribution in [0.3, 0.4) is 0 Å². The summed E-state index contributed by atoms with van der Waals surface area (Å²) in [5.41, 5.74) is 9.59.